The van der Waals surface area contributed by atoms with Gasteiger partial charge in [0.15, 0.2) is 5.78 Å². The van der Waals surface area contributed by atoms with E-state index in [1.165, 1.54) is 0 Å². The summed E-state index contributed by atoms with van der Waals surface area (Å²) in [6.07, 6.45) is 0. The zero-order valence-electron chi connectivity index (χ0n) is 8.56. The van der Waals surface area contributed by atoms with E-state index in [1.54, 1.807) is 7.11 Å². The first-order chi connectivity index (χ1) is 6.60. The zero-order valence-corrected chi connectivity index (χ0v) is 9.31. The lowest BCUT2D eigenvalue weighted by Crippen LogP contribution is -2.04. The number of ether oxygens (including phenoxy) is 1. The van der Waals surface area contributed by atoms with Crippen LogP contribution in [0.3, 0.4) is 0 Å². The quantitative estimate of drug-likeness (QED) is 0.569. The van der Waals surface area contributed by atoms with Gasteiger partial charge in [0.25, 0.3) is 0 Å². The molecule has 0 amide bonds. The number of alkyl halides is 1. The number of carbonyl (C=O) groups excluding carboxylic acids is 1. The van der Waals surface area contributed by atoms with Crippen molar-refractivity contribution in [2.45, 2.75) is 13.8 Å². The molecule has 0 aliphatic rings. The van der Waals surface area contributed by atoms with Gasteiger partial charge in [0.1, 0.15) is 5.75 Å². The van der Waals surface area contributed by atoms with Gasteiger partial charge in [-0.15, -0.1) is 11.6 Å². The van der Waals surface area contributed by atoms with Crippen LogP contribution in [0.5, 0.6) is 5.75 Å². The predicted octanol–water partition coefficient (Wildman–Crippen LogP) is 2.73. The lowest BCUT2D eigenvalue weighted by molar-refractivity contribution is 0.102. The highest BCUT2D eigenvalue weighted by molar-refractivity contribution is 6.30. The minimum Gasteiger partial charge on any atom is -0.496 e. The highest BCUT2D eigenvalue weighted by atomic mass is 35.5. The van der Waals surface area contributed by atoms with Crippen LogP contribution in [-0.2, 0) is 0 Å². The molecule has 0 heterocycles. The van der Waals surface area contributed by atoms with Crippen molar-refractivity contribution in [3.63, 3.8) is 0 Å². The van der Waals surface area contributed by atoms with Gasteiger partial charge in [0, 0.05) is 5.56 Å². The van der Waals surface area contributed by atoms with Crippen LogP contribution < -0.4 is 4.74 Å². The molecule has 0 fully saturated rings. The van der Waals surface area contributed by atoms with E-state index in [2.05, 4.69) is 0 Å². The van der Waals surface area contributed by atoms with Crippen LogP contribution in [0.15, 0.2) is 12.1 Å². The molecule has 0 bridgehead atoms. The van der Waals surface area contributed by atoms with E-state index in [4.69, 9.17) is 16.3 Å². The van der Waals surface area contributed by atoms with Gasteiger partial charge in [-0.2, -0.15) is 0 Å². The van der Waals surface area contributed by atoms with E-state index in [1.807, 2.05) is 26.0 Å². The third-order valence-electron chi connectivity index (χ3n) is 2.16. The fourth-order valence-corrected chi connectivity index (χ4v) is 1.53. The molecule has 0 radical (unpaired) electrons. The number of aryl methyl sites for hydroxylation is 2. The molecule has 1 aromatic carbocycles. The molecule has 14 heavy (non-hydrogen) atoms. The molecule has 3 heteroatoms. The standard InChI is InChI=1S/C11H13ClO2/c1-7-5-11(14-3)8(2)4-9(7)10(13)6-12/h4-5H,6H2,1-3H3. The molecule has 0 saturated heterocycles. The van der Waals surface area contributed by atoms with Crippen molar-refractivity contribution in [3.8, 4) is 5.75 Å². The minimum atomic E-state index is -0.0464. The number of rotatable bonds is 3. The predicted molar refractivity (Wildman–Crippen MR) is 57.5 cm³/mol. The Morgan fingerprint density at radius 3 is 2.50 bits per heavy atom. The highest BCUT2D eigenvalue weighted by Crippen LogP contribution is 2.22. The Morgan fingerprint density at radius 1 is 1.36 bits per heavy atom. The lowest BCUT2D eigenvalue weighted by atomic mass is 10.0. The number of methoxy groups -OCH3 is 1. The maximum absolute atomic E-state index is 11.4. The first-order valence-corrected chi connectivity index (χ1v) is 4.88. The van der Waals surface area contributed by atoms with Crippen molar-refractivity contribution in [3.05, 3.63) is 28.8 Å². The zero-order chi connectivity index (χ0) is 10.7. The van der Waals surface area contributed by atoms with E-state index in [0.29, 0.717) is 5.56 Å². The summed E-state index contributed by atoms with van der Waals surface area (Å²) in [5, 5.41) is 0. The summed E-state index contributed by atoms with van der Waals surface area (Å²) in [7, 11) is 1.62. The Labute approximate surface area is 88.8 Å². The number of ketones is 1. The van der Waals surface area contributed by atoms with Crippen LogP contribution in [0.1, 0.15) is 21.5 Å². The molecule has 0 saturated carbocycles. The van der Waals surface area contributed by atoms with Crippen molar-refractivity contribution >= 4 is 17.4 Å². The van der Waals surface area contributed by atoms with Crippen LogP contribution in [0.2, 0.25) is 0 Å². The molecule has 0 atom stereocenters. The minimum absolute atomic E-state index is 0.0204. The molecule has 0 aliphatic carbocycles. The average molecular weight is 213 g/mol. The number of halogens is 1. The van der Waals surface area contributed by atoms with Gasteiger partial charge in [-0.3, -0.25) is 4.79 Å². The third kappa shape index (κ3) is 2.07. The number of hydrogen-bond acceptors (Lipinski definition) is 2. The van der Waals surface area contributed by atoms with Crippen LogP contribution in [0, 0.1) is 13.8 Å². The van der Waals surface area contributed by atoms with Crippen LogP contribution in [0.4, 0.5) is 0 Å². The summed E-state index contributed by atoms with van der Waals surface area (Å²) < 4.78 is 5.15. The Balaban J connectivity index is 3.21. The first-order valence-electron chi connectivity index (χ1n) is 4.34. The van der Waals surface area contributed by atoms with Crippen molar-refractivity contribution < 1.29 is 9.53 Å². The summed E-state index contributed by atoms with van der Waals surface area (Å²) in [6, 6.07) is 3.67. The second kappa shape index (κ2) is 4.47. The summed E-state index contributed by atoms with van der Waals surface area (Å²) in [6.45, 7) is 3.78. The first kappa shape index (κ1) is 11.1. The van der Waals surface area contributed by atoms with Crippen LogP contribution >= 0.6 is 11.6 Å². The maximum atomic E-state index is 11.4. The summed E-state index contributed by atoms with van der Waals surface area (Å²) >= 11 is 5.50. The van der Waals surface area contributed by atoms with Gasteiger partial charge in [-0.25, -0.2) is 0 Å². The number of carbonyl (C=O) groups is 1. The lowest BCUT2D eigenvalue weighted by Gasteiger charge is -2.09. The van der Waals surface area contributed by atoms with Crippen LogP contribution in [-0.4, -0.2) is 18.8 Å². The maximum Gasteiger partial charge on any atom is 0.177 e. The van der Waals surface area contributed by atoms with Crippen molar-refractivity contribution in [1.29, 1.82) is 0 Å². The van der Waals surface area contributed by atoms with E-state index in [9.17, 15) is 4.79 Å². The Bertz CT molecular complexity index is 359. The summed E-state index contributed by atoms with van der Waals surface area (Å²) in [4.78, 5) is 11.4. The monoisotopic (exact) mass is 212 g/mol. The SMILES string of the molecule is COc1cc(C)c(C(=O)CCl)cc1C. The molecular weight excluding hydrogens is 200 g/mol. The van der Waals surface area contributed by atoms with Gasteiger partial charge >= 0.3 is 0 Å². The molecule has 1 rings (SSSR count). The molecule has 0 N–H and O–H groups in total. The molecular formula is C11H13ClO2. The van der Waals surface area contributed by atoms with E-state index >= 15 is 0 Å². The largest absolute Gasteiger partial charge is 0.496 e. The molecule has 0 unspecified atom stereocenters. The van der Waals surface area contributed by atoms with Gasteiger partial charge in [0.05, 0.1) is 13.0 Å². The Hall–Kier alpha value is -1.02. The van der Waals surface area contributed by atoms with Crippen molar-refractivity contribution in [2.24, 2.45) is 0 Å². The van der Waals surface area contributed by atoms with Gasteiger partial charge in [-0.1, -0.05) is 0 Å². The molecule has 0 spiro atoms. The van der Waals surface area contributed by atoms with Crippen molar-refractivity contribution in [2.75, 3.05) is 13.0 Å². The fourth-order valence-electron chi connectivity index (χ4n) is 1.38. The molecule has 0 aliphatic heterocycles. The smallest absolute Gasteiger partial charge is 0.177 e. The van der Waals surface area contributed by atoms with Crippen LogP contribution in [0.25, 0.3) is 0 Å². The molecule has 1 aromatic rings. The van der Waals surface area contributed by atoms with E-state index < -0.39 is 0 Å². The highest BCUT2D eigenvalue weighted by Gasteiger charge is 2.10. The number of hydrogen-bond donors (Lipinski definition) is 0. The molecule has 76 valence electrons. The molecule has 2 nitrogen and oxygen atoms in total. The van der Waals surface area contributed by atoms with Crippen molar-refractivity contribution in [1.82, 2.24) is 0 Å². The summed E-state index contributed by atoms with van der Waals surface area (Å²) in [5.74, 6) is 0.774. The second-order valence-electron chi connectivity index (χ2n) is 3.19. The number of benzene rings is 1. The second-order valence-corrected chi connectivity index (χ2v) is 3.46. The van der Waals surface area contributed by atoms with E-state index in [-0.39, 0.29) is 11.7 Å². The molecule has 0 aromatic heterocycles. The normalized spacial score (nSPS) is 10.0. The fraction of sp³-hybridized carbons (Fsp3) is 0.364. The van der Waals surface area contributed by atoms with Gasteiger partial charge < -0.3 is 4.74 Å². The Kier molecular flexibility index (Phi) is 3.53. The van der Waals surface area contributed by atoms with Gasteiger partial charge in [-0.05, 0) is 37.1 Å². The number of Topliss-reactive ketones (excluding diaryl/α,β-unsaturated/α-hetero) is 1. The third-order valence-corrected chi connectivity index (χ3v) is 2.41. The average Bonchev–Trinajstić information content (AvgIpc) is 2.19. The van der Waals surface area contributed by atoms with Gasteiger partial charge in [0.2, 0.25) is 0 Å². The van der Waals surface area contributed by atoms with E-state index in [0.717, 1.165) is 16.9 Å². The topological polar surface area (TPSA) is 26.3 Å². The Morgan fingerprint density at radius 2 is 2.00 bits per heavy atom. The summed E-state index contributed by atoms with van der Waals surface area (Å²) in [5.41, 5.74) is 2.53.